The summed E-state index contributed by atoms with van der Waals surface area (Å²) in [5.74, 6) is -0.461. The molecular formula is C52H61BBr2F2N5S7. The molecule has 0 aliphatic rings. The third-order valence-corrected chi connectivity index (χ3v) is 18.7. The van der Waals surface area contributed by atoms with Crippen LogP contribution >= 0.6 is 113 Å². The van der Waals surface area contributed by atoms with Crippen molar-refractivity contribution >= 4 is 143 Å². The number of halogens is 4. The van der Waals surface area contributed by atoms with E-state index in [4.69, 9.17) is 0 Å². The second-order valence-corrected chi connectivity index (χ2v) is 25.3. The van der Waals surface area contributed by atoms with Gasteiger partial charge in [0.15, 0.2) is 0 Å². The molecule has 0 atom stereocenters. The first kappa shape index (κ1) is 56.2. The van der Waals surface area contributed by atoms with Gasteiger partial charge < -0.3 is 0 Å². The fourth-order valence-corrected chi connectivity index (χ4v) is 14.6. The van der Waals surface area contributed by atoms with Crippen molar-refractivity contribution in [2.45, 2.75) is 155 Å². The van der Waals surface area contributed by atoms with Crippen molar-refractivity contribution in [3.8, 4) is 41.8 Å². The number of benzene rings is 2. The molecule has 8 aromatic rings. The quantitative estimate of drug-likeness (QED) is 0.0333. The van der Waals surface area contributed by atoms with Crippen molar-refractivity contribution in [1.82, 2.24) is 17.5 Å². The zero-order chi connectivity index (χ0) is 48.8. The van der Waals surface area contributed by atoms with Crippen LogP contribution < -0.4 is 0 Å². The summed E-state index contributed by atoms with van der Waals surface area (Å²) < 4.78 is 53.2. The third-order valence-electron chi connectivity index (χ3n) is 12.1. The van der Waals surface area contributed by atoms with E-state index in [1.54, 1.807) is 34.8 Å². The number of nitrogens with zero attached hydrogens (tertiary/aromatic N) is 5. The number of hydrogen-bond acceptors (Lipinski definition) is 12. The standard InChI is InChI=1S/C26H29Br2FN2S3.C26H31FN2S3.BHNS/c1-2-3-4-5-6-7-8-9-10-11-12-17-15-21(33-26(17)28)18-16-19(29)23(20-13-14-22(27)32-20)25-24(18)30-34-31-25;1-2-3-4-5-6-7-8-9-10-11-13-19-16-23(31-18-19)20-17-21(27)24(22-14-12-15-30-22)26-25(20)28-32-29-26;1-2-3/h13-16H,2-12H2,1H3;12,14-18H,2-11,13H2,1H3;3H. The van der Waals surface area contributed by atoms with Crippen LogP contribution in [0.5, 0.6) is 0 Å². The Kier molecular flexibility index (Phi) is 25.1. The van der Waals surface area contributed by atoms with Crippen molar-refractivity contribution < 1.29 is 8.78 Å². The van der Waals surface area contributed by atoms with Gasteiger partial charge in [0.25, 0.3) is 0 Å². The molecule has 0 aliphatic carbocycles. The number of thiol groups is 1. The van der Waals surface area contributed by atoms with Gasteiger partial charge in [-0.15, -0.1) is 45.3 Å². The summed E-state index contributed by atoms with van der Waals surface area (Å²) in [5, 5.41) is 4.19. The molecular weight excluding hydrogens is 1130 g/mol. The predicted octanol–water partition coefficient (Wildman–Crippen LogP) is 21.2. The van der Waals surface area contributed by atoms with Crippen molar-refractivity contribution in [2.24, 2.45) is 4.30 Å². The summed E-state index contributed by atoms with van der Waals surface area (Å²) in [7, 11) is 4.34. The Morgan fingerprint density at radius 2 is 1.04 bits per heavy atom. The van der Waals surface area contributed by atoms with Crippen LogP contribution in [0.3, 0.4) is 0 Å². The number of hydrogen-bond donors (Lipinski definition) is 1. The summed E-state index contributed by atoms with van der Waals surface area (Å²) in [5.41, 5.74) is 8.40. The molecule has 0 N–H and O–H groups in total. The Morgan fingerprint density at radius 3 is 1.55 bits per heavy atom. The van der Waals surface area contributed by atoms with Gasteiger partial charge in [0.1, 0.15) is 33.7 Å². The summed E-state index contributed by atoms with van der Waals surface area (Å²) >= 11 is 19.1. The fourth-order valence-electron chi connectivity index (χ4n) is 8.51. The normalized spacial score (nSPS) is 11.3. The molecule has 6 heterocycles. The number of unbranched alkanes of at least 4 members (excludes halogenated alkanes) is 18. The molecule has 6 aromatic heterocycles. The molecule has 0 fully saturated rings. The van der Waals surface area contributed by atoms with Crippen molar-refractivity contribution in [1.29, 1.82) is 0 Å². The second-order valence-electron chi connectivity index (χ2n) is 17.3. The molecule has 17 heteroatoms. The van der Waals surface area contributed by atoms with E-state index in [1.807, 2.05) is 29.6 Å². The minimum absolute atomic E-state index is 0.215. The van der Waals surface area contributed by atoms with Crippen molar-refractivity contribution in [2.75, 3.05) is 0 Å². The van der Waals surface area contributed by atoms with Crippen LogP contribution in [0, 0.1) is 11.6 Å². The molecule has 8 rings (SSSR count). The fraction of sp³-hybridized carbons (Fsp3) is 0.462. The molecule has 0 spiro atoms. The van der Waals surface area contributed by atoms with Gasteiger partial charge in [-0.3, -0.25) is 0 Å². The van der Waals surface area contributed by atoms with Gasteiger partial charge in [-0.05, 0) is 122 Å². The SMILES string of the molecule is CCCCCCCCCCCCc1cc(-c2cc(F)c(-c3ccc(Br)s3)c3nsnc23)sc1Br.CCCCCCCCCCCCc1csc(-c2cc(F)c(-c3cccs3)c3nsnc23)c1.[B]=NS. The first-order chi connectivity index (χ1) is 33.8. The first-order valence-electron chi connectivity index (χ1n) is 24.4. The Labute approximate surface area is 456 Å². The van der Waals surface area contributed by atoms with Crippen molar-refractivity contribution in [3.05, 3.63) is 89.6 Å². The molecule has 2 aromatic carbocycles. The summed E-state index contributed by atoms with van der Waals surface area (Å²) in [4.78, 5) is 3.90. The predicted molar refractivity (Wildman–Crippen MR) is 312 cm³/mol. The molecule has 0 saturated carbocycles. The number of fused-ring (bicyclic) bond motifs is 2. The average molecular weight is 1190 g/mol. The van der Waals surface area contributed by atoms with Gasteiger partial charge >= 0.3 is 24.8 Å². The van der Waals surface area contributed by atoms with Crippen LogP contribution in [0.4, 0.5) is 8.78 Å². The van der Waals surface area contributed by atoms with Crippen LogP contribution in [0.25, 0.3) is 63.8 Å². The van der Waals surface area contributed by atoms with E-state index in [0.29, 0.717) is 22.2 Å². The average Bonchev–Trinajstić information content (AvgIpc) is 4.21. The summed E-state index contributed by atoms with van der Waals surface area (Å²) in [6.45, 7) is 4.54. The van der Waals surface area contributed by atoms with E-state index < -0.39 is 0 Å². The van der Waals surface area contributed by atoms with E-state index in [1.165, 1.54) is 162 Å². The number of rotatable bonds is 26. The molecule has 69 heavy (non-hydrogen) atoms. The maximum atomic E-state index is 15.3. The van der Waals surface area contributed by atoms with E-state index in [-0.39, 0.29) is 11.6 Å². The second kappa shape index (κ2) is 30.8. The first-order valence-corrected chi connectivity index (χ1v) is 31.2. The van der Waals surface area contributed by atoms with Gasteiger partial charge in [0, 0.05) is 30.6 Å². The minimum atomic E-state index is -0.245. The Morgan fingerprint density at radius 1 is 0.551 bits per heavy atom. The van der Waals surface area contributed by atoms with E-state index in [9.17, 15) is 0 Å². The Hall–Kier alpha value is -2.09. The van der Waals surface area contributed by atoms with Crippen molar-refractivity contribution in [3.63, 3.8) is 0 Å². The third kappa shape index (κ3) is 16.7. The van der Waals surface area contributed by atoms with Gasteiger partial charge in [0.05, 0.1) is 42.2 Å². The molecule has 5 nitrogen and oxygen atoms in total. The maximum absolute atomic E-state index is 15.3. The zero-order valence-corrected chi connectivity index (χ0v) is 48.5. The zero-order valence-electron chi connectivity index (χ0n) is 39.6. The monoisotopic (exact) mass is 1190 g/mol. The number of thiophene rings is 4. The summed E-state index contributed by atoms with van der Waals surface area (Å²) in [6, 6.07) is 15.5. The number of aryl methyl sites for hydroxylation is 2. The van der Waals surface area contributed by atoms with Gasteiger partial charge in [-0.2, -0.15) is 17.5 Å². The molecule has 367 valence electrons. The van der Waals surface area contributed by atoms with Crippen LogP contribution in [0.1, 0.15) is 153 Å². The van der Waals surface area contributed by atoms with Crippen LogP contribution in [-0.2, 0) is 12.8 Å². The van der Waals surface area contributed by atoms with E-state index in [2.05, 4.69) is 105 Å². The molecule has 0 bridgehead atoms. The molecule has 0 amide bonds. The van der Waals surface area contributed by atoms with Gasteiger partial charge in [0.2, 0.25) is 0 Å². The van der Waals surface area contributed by atoms with E-state index >= 15 is 8.78 Å². The van der Waals surface area contributed by atoms with E-state index in [0.717, 1.165) is 85.5 Å². The topological polar surface area (TPSA) is 63.9 Å². The summed E-state index contributed by atoms with van der Waals surface area (Å²) in [6.07, 6.45) is 29.1. The molecule has 0 unspecified atom stereocenters. The Bertz CT molecular complexity index is 2750. The van der Waals surface area contributed by atoms with Gasteiger partial charge in [-0.1, -0.05) is 135 Å². The Balaban J connectivity index is 0.000000215. The van der Waals surface area contributed by atoms with Crippen LogP contribution in [0.15, 0.2) is 71.2 Å². The van der Waals surface area contributed by atoms with Crippen LogP contribution in [0.2, 0.25) is 0 Å². The molecule has 0 saturated heterocycles. The van der Waals surface area contributed by atoms with Gasteiger partial charge in [-0.25, -0.2) is 8.78 Å². The molecule has 0 aliphatic heterocycles. The molecule has 1 radical (unpaired) electrons. The number of aromatic nitrogens is 4. The van der Waals surface area contributed by atoms with Crippen LogP contribution in [-0.4, -0.2) is 25.1 Å².